The molecule has 20 heavy (non-hydrogen) atoms. The average Bonchev–Trinajstić information content (AvgIpc) is 2.83. The minimum Gasteiger partial charge on any atom is -0.497 e. The van der Waals surface area contributed by atoms with Crippen molar-refractivity contribution in [2.75, 3.05) is 13.7 Å². The highest BCUT2D eigenvalue weighted by atomic mass is 16.5. The highest BCUT2D eigenvalue weighted by molar-refractivity contribution is 5.54. The van der Waals surface area contributed by atoms with Gasteiger partial charge in [-0.1, -0.05) is 18.0 Å². The van der Waals surface area contributed by atoms with Gasteiger partial charge in [-0.3, -0.25) is 0 Å². The summed E-state index contributed by atoms with van der Waals surface area (Å²) in [6.07, 6.45) is 4.78. The zero-order valence-corrected chi connectivity index (χ0v) is 11.6. The van der Waals surface area contributed by atoms with Gasteiger partial charge in [0.15, 0.2) is 5.82 Å². The summed E-state index contributed by atoms with van der Waals surface area (Å²) in [6, 6.07) is 7.85. The van der Waals surface area contributed by atoms with Crippen LogP contribution in [-0.2, 0) is 0 Å². The van der Waals surface area contributed by atoms with E-state index < -0.39 is 0 Å². The number of ether oxygens (including phenoxy) is 1. The number of hydrogen-bond donors (Lipinski definition) is 1. The van der Waals surface area contributed by atoms with Gasteiger partial charge in [0.1, 0.15) is 5.75 Å². The third-order valence-electron chi connectivity index (χ3n) is 3.65. The first-order valence-electron chi connectivity index (χ1n) is 7.08. The Bertz CT molecular complexity index is 543. The summed E-state index contributed by atoms with van der Waals surface area (Å²) in [5.41, 5.74) is 0.915. The average molecular weight is 273 g/mol. The highest BCUT2D eigenvalue weighted by Crippen LogP contribution is 2.25. The van der Waals surface area contributed by atoms with E-state index in [1.165, 1.54) is 19.3 Å². The Labute approximate surface area is 118 Å². The van der Waals surface area contributed by atoms with E-state index in [1.807, 2.05) is 24.3 Å². The van der Waals surface area contributed by atoms with Crippen LogP contribution in [0.2, 0.25) is 0 Å². The third kappa shape index (κ3) is 2.82. The quantitative estimate of drug-likeness (QED) is 0.931. The molecule has 2 aromatic rings. The molecule has 1 fully saturated rings. The van der Waals surface area contributed by atoms with Gasteiger partial charge in [-0.05, 0) is 43.7 Å². The van der Waals surface area contributed by atoms with Crippen LogP contribution >= 0.6 is 0 Å². The maximum absolute atomic E-state index is 5.38. The molecule has 1 aromatic carbocycles. The molecule has 0 amide bonds. The van der Waals surface area contributed by atoms with E-state index in [-0.39, 0.29) is 6.04 Å². The predicted octanol–water partition coefficient (Wildman–Crippen LogP) is 2.95. The monoisotopic (exact) mass is 273 g/mol. The molecule has 106 valence electrons. The molecule has 1 unspecified atom stereocenters. The Morgan fingerprint density at radius 3 is 2.85 bits per heavy atom. The number of rotatable bonds is 3. The molecule has 0 radical (unpaired) electrons. The van der Waals surface area contributed by atoms with Crippen LogP contribution in [0.25, 0.3) is 11.5 Å². The van der Waals surface area contributed by atoms with Crippen molar-refractivity contribution < 1.29 is 9.26 Å². The normalized spacial score (nSPS) is 19.6. The Kier molecular flexibility index (Phi) is 3.97. The first kappa shape index (κ1) is 13.1. The Hall–Kier alpha value is -1.88. The van der Waals surface area contributed by atoms with Gasteiger partial charge in [0.25, 0.3) is 5.89 Å². The maximum atomic E-state index is 5.38. The van der Waals surface area contributed by atoms with Crippen molar-refractivity contribution in [3.05, 3.63) is 30.1 Å². The van der Waals surface area contributed by atoms with E-state index >= 15 is 0 Å². The van der Waals surface area contributed by atoms with Gasteiger partial charge in [-0.25, -0.2) is 0 Å². The fraction of sp³-hybridized carbons (Fsp3) is 0.467. The van der Waals surface area contributed by atoms with Crippen molar-refractivity contribution in [1.82, 2.24) is 15.5 Å². The van der Waals surface area contributed by atoms with Gasteiger partial charge >= 0.3 is 0 Å². The van der Waals surface area contributed by atoms with Gasteiger partial charge in [-0.2, -0.15) is 4.98 Å². The van der Waals surface area contributed by atoms with Crippen molar-refractivity contribution >= 4 is 0 Å². The lowest BCUT2D eigenvalue weighted by molar-refractivity contribution is 0.402. The zero-order chi connectivity index (χ0) is 13.8. The number of nitrogens with one attached hydrogen (secondary N) is 1. The first-order chi connectivity index (χ1) is 9.86. The van der Waals surface area contributed by atoms with Crippen LogP contribution in [0.4, 0.5) is 0 Å². The molecule has 1 aliphatic rings. The van der Waals surface area contributed by atoms with Crippen molar-refractivity contribution in [3.63, 3.8) is 0 Å². The van der Waals surface area contributed by atoms with Crippen LogP contribution in [0.3, 0.4) is 0 Å². The molecule has 5 heteroatoms. The molecule has 3 rings (SSSR count). The smallest absolute Gasteiger partial charge is 0.257 e. The fourth-order valence-corrected chi connectivity index (χ4v) is 2.48. The second-order valence-corrected chi connectivity index (χ2v) is 5.04. The molecule has 1 N–H and O–H groups in total. The Morgan fingerprint density at radius 2 is 2.05 bits per heavy atom. The molecular formula is C15H19N3O2. The minimum absolute atomic E-state index is 0.216. The summed E-state index contributed by atoms with van der Waals surface area (Å²) in [5.74, 6) is 2.14. The van der Waals surface area contributed by atoms with Crippen molar-refractivity contribution in [2.45, 2.75) is 31.7 Å². The van der Waals surface area contributed by atoms with Gasteiger partial charge in [0.05, 0.1) is 13.2 Å². The maximum Gasteiger partial charge on any atom is 0.257 e. The van der Waals surface area contributed by atoms with E-state index in [0.29, 0.717) is 5.89 Å². The molecule has 1 aliphatic heterocycles. The number of methoxy groups -OCH3 is 1. The van der Waals surface area contributed by atoms with Gasteiger partial charge < -0.3 is 14.6 Å². The van der Waals surface area contributed by atoms with Crippen LogP contribution < -0.4 is 10.1 Å². The van der Waals surface area contributed by atoms with Crippen LogP contribution in [0.5, 0.6) is 5.75 Å². The Morgan fingerprint density at radius 1 is 1.20 bits per heavy atom. The van der Waals surface area contributed by atoms with Gasteiger partial charge in [0, 0.05) is 5.56 Å². The highest BCUT2D eigenvalue weighted by Gasteiger charge is 2.19. The zero-order valence-electron chi connectivity index (χ0n) is 11.6. The molecule has 0 aliphatic carbocycles. The number of hydrogen-bond acceptors (Lipinski definition) is 5. The molecule has 1 saturated heterocycles. The summed E-state index contributed by atoms with van der Waals surface area (Å²) in [7, 11) is 1.65. The van der Waals surface area contributed by atoms with Crippen molar-refractivity contribution in [2.24, 2.45) is 0 Å². The van der Waals surface area contributed by atoms with Crippen LogP contribution in [0.1, 0.15) is 37.5 Å². The van der Waals surface area contributed by atoms with Gasteiger partial charge in [0.2, 0.25) is 0 Å². The summed E-state index contributed by atoms with van der Waals surface area (Å²) in [4.78, 5) is 4.52. The molecule has 1 atom stereocenters. The molecular weight excluding hydrogens is 254 g/mol. The van der Waals surface area contributed by atoms with Crippen LogP contribution in [0.15, 0.2) is 28.8 Å². The summed E-state index contributed by atoms with van der Waals surface area (Å²) < 4.78 is 10.5. The summed E-state index contributed by atoms with van der Waals surface area (Å²) >= 11 is 0. The molecule has 0 spiro atoms. The summed E-state index contributed by atoms with van der Waals surface area (Å²) in [6.45, 7) is 1.02. The van der Waals surface area contributed by atoms with Crippen molar-refractivity contribution in [3.8, 4) is 17.2 Å². The molecule has 1 aromatic heterocycles. The van der Waals surface area contributed by atoms with Crippen LogP contribution in [0, 0.1) is 0 Å². The van der Waals surface area contributed by atoms with E-state index in [2.05, 4.69) is 15.5 Å². The SMILES string of the molecule is COc1ccc(-c2nc(C3CCCCCN3)no2)cc1. The lowest BCUT2D eigenvalue weighted by Gasteiger charge is -2.09. The largest absolute Gasteiger partial charge is 0.497 e. The number of aromatic nitrogens is 2. The standard InChI is InChI=1S/C15H19N3O2/c1-19-12-8-6-11(7-9-12)15-17-14(18-20-15)13-5-3-2-4-10-16-13/h6-9,13,16H,2-5,10H2,1H3. The van der Waals surface area contributed by atoms with Crippen LogP contribution in [-0.4, -0.2) is 23.8 Å². The second kappa shape index (κ2) is 6.05. The summed E-state index contributed by atoms with van der Waals surface area (Å²) in [5, 5.41) is 7.60. The Balaban J connectivity index is 1.78. The molecule has 0 saturated carbocycles. The lowest BCUT2D eigenvalue weighted by Crippen LogP contribution is -2.21. The topological polar surface area (TPSA) is 60.2 Å². The van der Waals surface area contributed by atoms with E-state index in [4.69, 9.17) is 9.26 Å². The molecule has 5 nitrogen and oxygen atoms in total. The minimum atomic E-state index is 0.216. The molecule has 2 heterocycles. The number of nitrogens with zero attached hydrogens (tertiary/aromatic N) is 2. The molecule has 0 bridgehead atoms. The van der Waals surface area contributed by atoms with Gasteiger partial charge in [-0.15, -0.1) is 0 Å². The number of benzene rings is 1. The van der Waals surface area contributed by atoms with Crippen molar-refractivity contribution in [1.29, 1.82) is 0 Å². The van der Waals surface area contributed by atoms with E-state index in [0.717, 1.165) is 30.1 Å². The first-order valence-corrected chi connectivity index (χ1v) is 7.08. The fourth-order valence-electron chi connectivity index (χ4n) is 2.48. The van der Waals surface area contributed by atoms with E-state index in [1.54, 1.807) is 7.11 Å². The lowest BCUT2D eigenvalue weighted by atomic mass is 10.1. The third-order valence-corrected chi connectivity index (χ3v) is 3.65. The van der Waals surface area contributed by atoms with E-state index in [9.17, 15) is 0 Å². The second-order valence-electron chi connectivity index (χ2n) is 5.04. The predicted molar refractivity (Wildman–Crippen MR) is 75.5 cm³/mol.